The van der Waals surface area contributed by atoms with Crippen molar-refractivity contribution in [3.05, 3.63) is 53.3 Å². The van der Waals surface area contributed by atoms with Gasteiger partial charge in [-0.1, -0.05) is 6.07 Å². The van der Waals surface area contributed by atoms with Crippen LogP contribution in [0.25, 0.3) is 0 Å². The Kier molecular flexibility index (Phi) is 3.37. The molecule has 0 saturated carbocycles. The fourth-order valence-electron chi connectivity index (χ4n) is 1.63. The van der Waals surface area contributed by atoms with Gasteiger partial charge in [-0.2, -0.15) is 0 Å². The number of hydrogen-bond donors (Lipinski definition) is 2. The molecule has 0 aliphatic rings. The van der Waals surface area contributed by atoms with Crippen LogP contribution >= 0.6 is 0 Å². The summed E-state index contributed by atoms with van der Waals surface area (Å²) < 4.78 is 18.6. The van der Waals surface area contributed by atoms with Crippen LogP contribution in [0.5, 0.6) is 11.5 Å². The largest absolute Gasteiger partial charge is 0.478 e. The van der Waals surface area contributed by atoms with Gasteiger partial charge in [0.25, 0.3) is 0 Å². The lowest BCUT2D eigenvalue weighted by Crippen LogP contribution is -2.03. The van der Waals surface area contributed by atoms with Crippen molar-refractivity contribution in [1.82, 2.24) is 0 Å². The minimum Gasteiger partial charge on any atom is -0.478 e. The molecule has 0 aliphatic carbocycles. The maximum Gasteiger partial charge on any atom is 0.337 e. The van der Waals surface area contributed by atoms with E-state index in [2.05, 4.69) is 0 Å². The van der Waals surface area contributed by atoms with Crippen LogP contribution in [0.1, 0.15) is 15.9 Å². The highest BCUT2D eigenvalue weighted by Gasteiger charge is 2.12. The summed E-state index contributed by atoms with van der Waals surface area (Å²) in [5.41, 5.74) is 6.16. The highest BCUT2D eigenvalue weighted by molar-refractivity contribution is 5.95. The van der Waals surface area contributed by atoms with Crippen molar-refractivity contribution in [2.24, 2.45) is 0 Å². The number of rotatable bonds is 3. The number of ether oxygens (including phenoxy) is 1. The molecule has 0 saturated heterocycles. The quantitative estimate of drug-likeness (QED) is 0.832. The van der Waals surface area contributed by atoms with Crippen molar-refractivity contribution in [3.8, 4) is 11.5 Å². The molecule has 0 radical (unpaired) electrons. The van der Waals surface area contributed by atoms with Crippen molar-refractivity contribution in [1.29, 1.82) is 0 Å². The predicted octanol–water partition coefficient (Wildman–Crippen LogP) is 3.21. The fraction of sp³-hybridized carbons (Fsp3) is 0.0714. The minimum atomic E-state index is -1.13. The summed E-state index contributed by atoms with van der Waals surface area (Å²) in [4.78, 5) is 10.9. The van der Waals surface area contributed by atoms with Gasteiger partial charge in [0, 0.05) is 0 Å². The molecule has 3 N–H and O–H groups in total. The number of carbonyl (C=O) groups is 1. The number of benzene rings is 2. The van der Waals surface area contributed by atoms with Crippen LogP contribution in [0.15, 0.2) is 36.4 Å². The Morgan fingerprint density at radius 3 is 2.68 bits per heavy atom. The molecule has 2 aromatic carbocycles. The molecule has 0 unspecified atom stereocenters. The summed E-state index contributed by atoms with van der Waals surface area (Å²) >= 11 is 0. The molecule has 2 aromatic rings. The van der Waals surface area contributed by atoms with E-state index in [4.69, 9.17) is 15.6 Å². The molecular weight excluding hydrogens is 249 g/mol. The molecule has 0 heterocycles. The second kappa shape index (κ2) is 4.97. The first-order chi connectivity index (χ1) is 8.99. The molecule has 4 nitrogen and oxygen atoms in total. The van der Waals surface area contributed by atoms with Crippen molar-refractivity contribution < 1.29 is 19.0 Å². The lowest BCUT2D eigenvalue weighted by atomic mass is 10.1. The van der Waals surface area contributed by atoms with Gasteiger partial charge < -0.3 is 15.6 Å². The first kappa shape index (κ1) is 12.9. The van der Waals surface area contributed by atoms with E-state index < -0.39 is 5.97 Å². The van der Waals surface area contributed by atoms with Crippen LogP contribution in [-0.2, 0) is 0 Å². The number of aromatic carboxylic acids is 1. The lowest BCUT2D eigenvalue weighted by molar-refractivity contribution is 0.0697. The number of halogens is 1. The molecule has 0 aliphatic heterocycles. The third-order valence-electron chi connectivity index (χ3n) is 2.65. The molecule has 98 valence electrons. The Balaban J connectivity index is 2.35. The summed E-state index contributed by atoms with van der Waals surface area (Å²) in [7, 11) is 0. The molecule has 19 heavy (non-hydrogen) atoms. The van der Waals surface area contributed by atoms with Crippen molar-refractivity contribution in [3.63, 3.8) is 0 Å². The maximum absolute atomic E-state index is 13.1. The zero-order valence-corrected chi connectivity index (χ0v) is 10.2. The second-order valence-corrected chi connectivity index (χ2v) is 4.04. The summed E-state index contributed by atoms with van der Waals surface area (Å²) in [6, 6.07) is 8.73. The van der Waals surface area contributed by atoms with Crippen molar-refractivity contribution >= 4 is 11.7 Å². The van der Waals surface area contributed by atoms with E-state index in [1.54, 1.807) is 13.0 Å². The van der Waals surface area contributed by atoms with Crippen LogP contribution in [0.4, 0.5) is 10.1 Å². The van der Waals surface area contributed by atoms with Gasteiger partial charge >= 0.3 is 5.97 Å². The van der Waals surface area contributed by atoms with E-state index in [1.807, 2.05) is 0 Å². The predicted molar refractivity (Wildman–Crippen MR) is 69.0 cm³/mol. The summed E-state index contributed by atoms with van der Waals surface area (Å²) in [6.07, 6.45) is 0. The van der Waals surface area contributed by atoms with E-state index in [0.29, 0.717) is 11.3 Å². The fourth-order valence-corrected chi connectivity index (χ4v) is 1.63. The Bertz CT molecular complexity index is 641. The average Bonchev–Trinajstić information content (AvgIpc) is 2.36. The maximum atomic E-state index is 13.1. The molecular formula is C14H12FNO3. The summed E-state index contributed by atoms with van der Waals surface area (Å²) in [5.74, 6) is -0.836. The number of nitrogens with two attached hydrogens (primary N) is 1. The van der Waals surface area contributed by atoms with Crippen molar-refractivity contribution in [2.75, 3.05) is 5.73 Å². The number of carboxylic acids is 1. The monoisotopic (exact) mass is 261 g/mol. The van der Waals surface area contributed by atoms with E-state index in [0.717, 1.165) is 0 Å². The smallest absolute Gasteiger partial charge is 0.337 e. The van der Waals surface area contributed by atoms with Crippen molar-refractivity contribution in [2.45, 2.75) is 6.92 Å². The van der Waals surface area contributed by atoms with Gasteiger partial charge in [0.2, 0.25) is 0 Å². The van der Waals surface area contributed by atoms with Gasteiger partial charge in [-0.15, -0.1) is 0 Å². The van der Waals surface area contributed by atoms with Crippen LogP contribution in [0, 0.1) is 12.7 Å². The average molecular weight is 261 g/mol. The molecule has 5 heteroatoms. The third kappa shape index (κ3) is 2.65. The zero-order valence-electron chi connectivity index (χ0n) is 10.2. The number of aryl methyl sites for hydroxylation is 1. The Labute approximate surface area is 109 Å². The first-order valence-electron chi connectivity index (χ1n) is 5.55. The summed E-state index contributed by atoms with van der Waals surface area (Å²) in [5, 5.41) is 8.95. The summed E-state index contributed by atoms with van der Waals surface area (Å²) in [6.45, 7) is 1.61. The number of carboxylic acid groups (broad SMARTS) is 1. The van der Waals surface area contributed by atoms with Crippen LogP contribution in [-0.4, -0.2) is 11.1 Å². The SMILES string of the molecule is Cc1cc(Oc2cccc(C(=O)O)c2N)ccc1F. The van der Waals surface area contributed by atoms with E-state index in [9.17, 15) is 9.18 Å². The molecule has 0 spiro atoms. The Morgan fingerprint density at radius 1 is 1.32 bits per heavy atom. The molecule has 0 amide bonds. The van der Waals surface area contributed by atoms with Gasteiger partial charge in [-0.05, 0) is 42.8 Å². The van der Waals surface area contributed by atoms with Gasteiger partial charge in [-0.25, -0.2) is 9.18 Å². The normalized spacial score (nSPS) is 10.2. The standard InChI is InChI=1S/C14H12FNO3/c1-8-7-9(5-6-11(8)15)19-12-4-2-3-10(13(12)16)14(17)18/h2-7H,16H2,1H3,(H,17,18). The first-order valence-corrected chi connectivity index (χ1v) is 5.55. The number of nitrogen functional groups attached to an aromatic ring is 1. The number of para-hydroxylation sites is 1. The number of hydrogen-bond acceptors (Lipinski definition) is 3. The Hall–Kier alpha value is -2.56. The lowest BCUT2D eigenvalue weighted by Gasteiger charge is -2.10. The second-order valence-electron chi connectivity index (χ2n) is 4.04. The van der Waals surface area contributed by atoms with Gasteiger partial charge in [0.05, 0.1) is 11.3 Å². The third-order valence-corrected chi connectivity index (χ3v) is 2.65. The molecule has 0 bridgehead atoms. The van der Waals surface area contributed by atoms with Gasteiger partial charge in [-0.3, -0.25) is 0 Å². The van der Waals surface area contributed by atoms with E-state index in [-0.39, 0.29) is 22.8 Å². The molecule has 0 atom stereocenters. The zero-order chi connectivity index (χ0) is 14.0. The molecule has 2 rings (SSSR count). The Morgan fingerprint density at radius 2 is 2.05 bits per heavy atom. The van der Waals surface area contributed by atoms with Crippen LogP contribution in [0.3, 0.4) is 0 Å². The molecule has 0 fully saturated rings. The van der Waals surface area contributed by atoms with E-state index in [1.165, 1.54) is 30.3 Å². The van der Waals surface area contributed by atoms with E-state index >= 15 is 0 Å². The van der Waals surface area contributed by atoms with Gasteiger partial charge in [0.1, 0.15) is 11.6 Å². The van der Waals surface area contributed by atoms with Gasteiger partial charge in [0.15, 0.2) is 5.75 Å². The van der Waals surface area contributed by atoms with Crippen LogP contribution < -0.4 is 10.5 Å². The highest BCUT2D eigenvalue weighted by atomic mass is 19.1. The number of anilines is 1. The van der Waals surface area contributed by atoms with Crippen LogP contribution in [0.2, 0.25) is 0 Å². The highest BCUT2D eigenvalue weighted by Crippen LogP contribution is 2.30. The topological polar surface area (TPSA) is 72.5 Å². The molecule has 0 aromatic heterocycles. The minimum absolute atomic E-state index is 0.0312.